The van der Waals surface area contributed by atoms with E-state index in [1.807, 2.05) is 13.8 Å². The van der Waals surface area contributed by atoms with Crippen molar-refractivity contribution in [2.75, 3.05) is 6.61 Å². The second-order valence-corrected chi connectivity index (χ2v) is 28.0. The lowest BCUT2D eigenvalue weighted by Crippen LogP contribution is -2.49. The van der Waals surface area contributed by atoms with Crippen molar-refractivity contribution in [3.63, 3.8) is 0 Å². The molecule has 2 unspecified atom stereocenters. The van der Waals surface area contributed by atoms with Crippen LogP contribution in [0.4, 0.5) is 0 Å². The molecule has 254 valence electrons. The van der Waals surface area contributed by atoms with Gasteiger partial charge in [-0.2, -0.15) is 0 Å². The quantitative estimate of drug-likeness (QED) is 0.240. The zero-order valence-electron chi connectivity index (χ0n) is 31.3. The summed E-state index contributed by atoms with van der Waals surface area (Å²) >= 11 is 0. The van der Waals surface area contributed by atoms with E-state index >= 15 is 0 Å². The molecule has 3 aliphatic carbocycles. The van der Waals surface area contributed by atoms with Gasteiger partial charge in [0.15, 0.2) is 16.6 Å². The van der Waals surface area contributed by atoms with Crippen LogP contribution in [0.3, 0.4) is 0 Å². The number of aliphatic hydroxyl groups is 1. The molecule has 4 nitrogen and oxygen atoms in total. The molecular weight excluding hydrogens is 577 g/mol. The van der Waals surface area contributed by atoms with Crippen LogP contribution < -0.4 is 0 Å². The lowest BCUT2D eigenvalue weighted by Gasteiger charge is -2.45. The van der Waals surface area contributed by atoms with Gasteiger partial charge in [-0.05, 0) is 130 Å². The molecule has 0 spiro atoms. The maximum Gasteiger partial charge on any atom is 0.192 e. The molecule has 0 radical (unpaired) electrons. The Balaban J connectivity index is 1.86. The van der Waals surface area contributed by atoms with Crippen molar-refractivity contribution in [2.24, 2.45) is 17.3 Å². The fraction of sp³-hybridized carbons (Fsp3) is 0.842. The summed E-state index contributed by atoms with van der Waals surface area (Å²) in [5.41, 5.74) is 3.68. The van der Waals surface area contributed by atoms with Gasteiger partial charge < -0.3 is 18.7 Å². The van der Waals surface area contributed by atoms with Gasteiger partial charge in [0.2, 0.25) is 0 Å². The van der Waals surface area contributed by atoms with Gasteiger partial charge in [0, 0.05) is 13.0 Å². The molecule has 0 bridgehead atoms. The molecule has 0 saturated heterocycles. The third-order valence-corrected chi connectivity index (χ3v) is 21.5. The van der Waals surface area contributed by atoms with E-state index in [4.69, 9.17) is 13.6 Å². The first-order valence-electron chi connectivity index (χ1n) is 17.7. The van der Waals surface area contributed by atoms with E-state index in [1.165, 1.54) is 43.3 Å². The summed E-state index contributed by atoms with van der Waals surface area (Å²) in [7, 11) is -3.92. The highest BCUT2D eigenvalue weighted by atomic mass is 28.4. The lowest BCUT2D eigenvalue weighted by molar-refractivity contribution is -0.0454. The van der Waals surface area contributed by atoms with Gasteiger partial charge in [-0.1, -0.05) is 72.8 Å². The Morgan fingerprint density at radius 2 is 1.55 bits per heavy atom. The highest BCUT2D eigenvalue weighted by Crippen LogP contribution is 2.58. The van der Waals surface area contributed by atoms with Crippen LogP contribution in [0.5, 0.6) is 0 Å². The van der Waals surface area contributed by atoms with Crippen LogP contribution in [-0.4, -0.2) is 52.3 Å². The van der Waals surface area contributed by atoms with Gasteiger partial charge in [-0.25, -0.2) is 0 Å². The summed E-state index contributed by atoms with van der Waals surface area (Å²) in [5, 5.41) is 10.5. The summed E-state index contributed by atoms with van der Waals surface area (Å²) in [6.07, 6.45) is 13.9. The van der Waals surface area contributed by atoms with Crippen molar-refractivity contribution in [2.45, 2.75) is 181 Å². The van der Waals surface area contributed by atoms with Crippen molar-refractivity contribution in [1.82, 2.24) is 0 Å². The molecule has 0 amide bonds. The molecule has 6 atom stereocenters. The molecule has 3 saturated carbocycles. The van der Waals surface area contributed by atoms with Crippen LogP contribution in [0.1, 0.15) is 121 Å². The summed E-state index contributed by atoms with van der Waals surface area (Å²) in [5.74, 6) is 1.16. The molecule has 0 aromatic heterocycles. The number of hydrogen-bond donors (Lipinski definition) is 1. The number of hydrogen-bond acceptors (Lipinski definition) is 4. The first kappa shape index (κ1) is 37.9. The van der Waals surface area contributed by atoms with Crippen LogP contribution in [0.2, 0.25) is 36.3 Å². The molecule has 44 heavy (non-hydrogen) atoms. The van der Waals surface area contributed by atoms with Crippen molar-refractivity contribution < 1.29 is 18.7 Å². The molecule has 6 heteroatoms. The minimum atomic E-state index is -1.98. The Bertz CT molecular complexity index is 1070. The van der Waals surface area contributed by atoms with Gasteiger partial charge in [0.1, 0.15) is 0 Å². The fourth-order valence-electron chi connectivity index (χ4n) is 7.43. The zero-order chi connectivity index (χ0) is 33.5. The average Bonchev–Trinajstić information content (AvgIpc) is 3.20. The summed E-state index contributed by atoms with van der Waals surface area (Å²) in [6.45, 7) is 37.2. The fourth-order valence-corrected chi connectivity index (χ4v) is 10.1. The van der Waals surface area contributed by atoms with Gasteiger partial charge in [-0.15, -0.1) is 0 Å². The van der Waals surface area contributed by atoms with Crippen molar-refractivity contribution in [3.05, 3.63) is 35.5 Å². The molecule has 0 aromatic rings. The van der Waals surface area contributed by atoms with Crippen LogP contribution in [0.25, 0.3) is 0 Å². The average molecular weight is 647 g/mol. The monoisotopic (exact) mass is 646 g/mol. The molecule has 3 aliphatic rings. The van der Waals surface area contributed by atoms with E-state index in [-0.39, 0.29) is 33.8 Å². The standard InChI is InChI=1S/C38H70O4Si2/c1-27-30(25-31(41-43(12,13)35(3,4)5)26-34(27)42-44(14,15)36(6,7)8)19-18-29-17-16-22-38(11)32(20-21-33(29)38)28(2)40-24-23-37(9,10)39/h18-19,28,31-34,39H,1,16-17,20-26H2,2-15H3/b29-18+,30-19-/t28-,31?,32+,33-,34?,38+/m0/s1. The Kier molecular flexibility index (Phi) is 11.7. The van der Waals surface area contributed by atoms with Crippen molar-refractivity contribution in [3.8, 4) is 0 Å². The van der Waals surface area contributed by atoms with E-state index in [1.54, 1.807) is 5.57 Å². The second kappa shape index (κ2) is 13.5. The predicted molar refractivity (Wildman–Crippen MR) is 193 cm³/mol. The van der Waals surface area contributed by atoms with E-state index in [2.05, 4.69) is 100 Å². The number of ether oxygens (including phenoxy) is 1. The molecule has 1 N–H and O–H groups in total. The van der Waals surface area contributed by atoms with E-state index in [9.17, 15) is 5.11 Å². The second-order valence-electron chi connectivity index (χ2n) is 18.5. The van der Waals surface area contributed by atoms with Crippen LogP contribution >= 0.6 is 0 Å². The highest BCUT2D eigenvalue weighted by molar-refractivity contribution is 6.74. The smallest absolute Gasteiger partial charge is 0.192 e. The largest absolute Gasteiger partial charge is 0.413 e. The topological polar surface area (TPSA) is 47.9 Å². The number of fused-ring (bicyclic) bond motifs is 1. The predicted octanol–water partition coefficient (Wildman–Crippen LogP) is 10.8. The third kappa shape index (κ3) is 8.89. The van der Waals surface area contributed by atoms with E-state index in [0.29, 0.717) is 24.9 Å². The molecule has 3 fully saturated rings. The zero-order valence-corrected chi connectivity index (χ0v) is 33.3. The first-order chi connectivity index (χ1) is 19.9. The first-order valence-corrected chi connectivity index (χ1v) is 23.5. The minimum Gasteiger partial charge on any atom is -0.413 e. The Morgan fingerprint density at radius 3 is 2.11 bits per heavy atom. The Labute approximate surface area is 274 Å². The minimum absolute atomic E-state index is 0.0124. The molecule has 0 aliphatic heterocycles. The van der Waals surface area contributed by atoms with Gasteiger partial charge >= 0.3 is 0 Å². The van der Waals surface area contributed by atoms with Gasteiger partial charge in [0.05, 0.1) is 23.9 Å². The van der Waals surface area contributed by atoms with E-state index < -0.39 is 22.2 Å². The lowest BCUT2D eigenvalue weighted by atomic mass is 9.62. The number of rotatable bonds is 10. The van der Waals surface area contributed by atoms with Crippen molar-refractivity contribution >= 4 is 16.6 Å². The van der Waals surface area contributed by atoms with Crippen LogP contribution in [0.15, 0.2) is 35.5 Å². The third-order valence-electron chi connectivity index (χ3n) is 12.4. The summed E-state index contributed by atoms with van der Waals surface area (Å²) < 4.78 is 20.5. The summed E-state index contributed by atoms with van der Waals surface area (Å²) in [4.78, 5) is 0. The normalized spacial score (nSPS) is 31.9. The van der Waals surface area contributed by atoms with Crippen molar-refractivity contribution in [1.29, 1.82) is 0 Å². The molecule has 0 aromatic carbocycles. The SMILES string of the molecule is C=C1/C(=C\C=C2/CCC[C@]3(C)[C@@H]([C@H](C)OCCC(C)(C)O)CC[C@@H]23)CC(O[Si](C)(C)C(C)(C)C)CC1O[Si](C)(C)C(C)(C)C. The van der Waals surface area contributed by atoms with Crippen LogP contribution in [0, 0.1) is 17.3 Å². The van der Waals surface area contributed by atoms with Gasteiger partial charge in [-0.3, -0.25) is 0 Å². The molecule has 3 rings (SSSR count). The Morgan fingerprint density at radius 1 is 0.955 bits per heavy atom. The van der Waals surface area contributed by atoms with E-state index in [0.717, 1.165) is 12.8 Å². The maximum absolute atomic E-state index is 10.2. The van der Waals surface area contributed by atoms with Gasteiger partial charge in [0.25, 0.3) is 0 Å². The molecular formula is C38H70O4Si2. The molecule has 0 heterocycles. The highest BCUT2D eigenvalue weighted by Gasteiger charge is 2.51. The maximum atomic E-state index is 10.2. The number of allylic oxidation sites excluding steroid dienone is 3. The Hall–Kier alpha value is -0.506. The summed E-state index contributed by atoms with van der Waals surface area (Å²) in [6, 6.07) is 0. The van der Waals surface area contributed by atoms with Crippen LogP contribution in [-0.2, 0) is 13.6 Å².